The molecular weight excluding hydrogens is 298 g/mol. The number of hydrogen-bond donors (Lipinski definition) is 2. The molecule has 1 atom stereocenters. The SMILES string of the molecule is CC(CCNc1ccnc(Nc2ccc(Cl)cc2)n1)N(C)C. The van der Waals surface area contributed by atoms with Gasteiger partial charge in [-0.3, -0.25) is 0 Å². The van der Waals surface area contributed by atoms with E-state index in [1.54, 1.807) is 6.20 Å². The second kappa shape index (κ2) is 7.96. The Bertz CT molecular complexity index is 585. The Morgan fingerprint density at radius 1 is 1.18 bits per heavy atom. The van der Waals surface area contributed by atoms with Crippen LogP contribution in [0.4, 0.5) is 17.5 Å². The molecule has 0 bridgehead atoms. The molecule has 1 aromatic carbocycles. The van der Waals surface area contributed by atoms with Gasteiger partial charge in [0.05, 0.1) is 0 Å². The van der Waals surface area contributed by atoms with Crippen molar-refractivity contribution >= 4 is 29.1 Å². The first-order valence-corrected chi connectivity index (χ1v) is 7.68. The summed E-state index contributed by atoms with van der Waals surface area (Å²) in [4.78, 5) is 10.9. The Morgan fingerprint density at radius 2 is 1.91 bits per heavy atom. The number of rotatable bonds is 7. The maximum absolute atomic E-state index is 5.87. The van der Waals surface area contributed by atoms with Crippen LogP contribution < -0.4 is 10.6 Å². The molecule has 0 aliphatic rings. The van der Waals surface area contributed by atoms with Crippen LogP contribution in [-0.2, 0) is 0 Å². The molecule has 22 heavy (non-hydrogen) atoms. The fraction of sp³-hybridized carbons (Fsp3) is 0.375. The molecular formula is C16H22ClN5. The average molecular weight is 320 g/mol. The quantitative estimate of drug-likeness (QED) is 0.816. The van der Waals surface area contributed by atoms with E-state index in [0.29, 0.717) is 17.0 Å². The third-order valence-electron chi connectivity index (χ3n) is 3.51. The number of benzene rings is 1. The average Bonchev–Trinajstić information content (AvgIpc) is 2.50. The van der Waals surface area contributed by atoms with Gasteiger partial charge in [-0.2, -0.15) is 4.98 Å². The fourth-order valence-corrected chi connectivity index (χ4v) is 1.97. The minimum Gasteiger partial charge on any atom is -0.370 e. The molecule has 6 heteroatoms. The minimum absolute atomic E-state index is 0.529. The molecule has 1 heterocycles. The van der Waals surface area contributed by atoms with Crippen molar-refractivity contribution in [1.29, 1.82) is 0 Å². The predicted molar refractivity (Wildman–Crippen MR) is 93.0 cm³/mol. The Morgan fingerprint density at radius 3 is 2.59 bits per heavy atom. The minimum atomic E-state index is 0.529. The van der Waals surface area contributed by atoms with Gasteiger partial charge in [0, 0.05) is 29.5 Å². The standard InChI is InChI=1S/C16H22ClN5/c1-12(22(2)3)8-10-18-15-9-11-19-16(21-15)20-14-6-4-13(17)5-7-14/h4-7,9,11-12H,8,10H2,1-3H3,(H2,18,19,20,21). The molecule has 0 aliphatic carbocycles. The molecule has 2 N–H and O–H groups in total. The van der Waals surface area contributed by atoms with Crippen LogP contribution in [-0.4, -0.2) is 41.5 Å². The molecule has 5 nitrogen and oxygen atoms in total. The maximum atomic E-state index is 5.87. The molecule has 0 radical (unpaired) electrons. The monoisotopic (exact) mass is 319 g/mol. The topological polar surface area (TPSA) is 53.1 Å². The molecule has 0 spiro atoms. The summed E-state index contributed by atoms with van der Waals surface area (Å²) >= 11 is 5.87. The summed E-state index contributed by atoms with van der Waals surface area (Å²) in [7, 11) is 4.17. The van der Waals surface area contributed by atoms with E-state index in [2.05, 4.69) is 46.5 Å². The zero-order chi connectivity index (χ0) is 15.9. The second-order valence-corrected chi connectivity index (χ2v) is 5.86. The van der Waals surface area contributed by atoms with Crippen molar-refractivity contribution in [3.8, 4) is 0 Å². The van der Waals surface area contributed by atoms with Crippen LogP contribution in [0.2, 0.25) is 5.02 Å². The molecule has 0 fully saturated rings. The smallest absolute Gasteiger partial charge is 0.229 e. The molecule has 1 aromatic heterocycles. The summed E-state index contributed by atoms with van der Waals surface area (Å²) in [5.41, 5.74) is 0.905. The zero-order valence-electron chi connectivity index (χ0n) is 13.2. The number of anilines is 3. The molecule has 2 rings (SSSR count). The maximum Gasteiger partial charge on any atom is 0.229 e. The lowest BCUT2D eigenvalue weighted by Crippen LogP contribution is -2.26. The number of halogens is 1. The zero-order valence-corrected chi connectivity index (χ0v) is 13.9. The Balaban J connectivity index is 1.91. The lowest BCUT2D eigenvalue weighted by molar-refractivity contribution is 0.304. The van der Waals surface area contributed by atoms with Crippen LogP contribution in [0.15, 0.2) is 36.5 Å². The highest BCUT2D eigenvalue weighted by atomic mass is 35.5. The highest BCUT2D eigenvalue weighted by Gasteiger charge is 2.04. The summed E-state index contributed by atoms with van der Waals surface area (Å²) in [5.74, 6) is 1.38. The first-order chi connectivity index (χ1) is 10.5. The Hall–Kier alpha value is -1.85. The lowest BCUT2D eigenvalue weighted by atomic mass is 10.2. The molecule has 0 amide bonds. The van der Waals surface area contributed by atoms with Gasteiger partial charge in [-0.25, -0.2) is 4.98 Å². The van der Waals surface area contributed by atoms with E-state index in [4.69, 9.17) is 11.6 Å². The van der Waals surface area contributed by atoms with Crippen LogP contribution in [0.25, 0.3) is 0 Å². The number of aromatic nitrogens is 2. The lowest BCUT2D eigenvalue weighted by Gasteiger charge is -2.19. The van der Waals surface area contributed by atoms with Crippen molar-refractivity contribution in [2.24, 2.45) is 0 Å². The number of hydrogen-bond acceptors (Lipinski definition) is 5. The number of nitrogens with one attached hydrogen (secondary N) is 2. The van der Waals surface area contributed by atoms with Gasteiger partial charge < -0.3 is 15.5 Å². The summed E-state index contributed by atoms with van der Waals surface area (Å²) < 4.78 is 0. The van der Waals surface area contributed by atoms with Crippen LogP contribution in [0, 0.1) is 0 Å². The highest BCUT2D eigenvalue weighted by molar-refractivity contribution is 6.30. The van der Waals surface area contributed by atoms with Gasteiger partial charge in [-0.1, -0.05) is 11.6 Å². The third kappa shape index (κ3) is 5.16. The van der Waals surface area contributed by atoms with Gasteiger partial charge in [0.1, 0.15) is 5.82 Å². The van der Waals surface area contributed by atoms with E-state index in [9.17, 15) is 0 Å². The third-order valence-corrected chi connectivity index (χ3v) is 3.76. The van der Waals surface area contributed by atoms with E-state index in [-0.39, 0.29) is 0 Å². The molecule has 2 aromatic rings. The van der Waals surface area contributed by atoms with Crippen molar-refractivity contribution in [2.45, 2.75) is 19.4 Å². The van der Waals surface area contributed by atoms with Crippen LogP contribution >= 0.6 is 11.6 Å². The van der Waals surface area contributed by atoms with Crippen molar-refractivity contribution in [3.63, 3.8) is 0 Å². The first kappa shape index (κ1) is 16.5. The van der Waals surface area contributed by atoms with E-state index in [1.165, 1.54) is 0 Å². The van der Waals surface area contributed by atoms with Crippen molar-refractivity contribution in [3.05, 3.63) is 41.6 Å². The molecule has 0 saturated carbocycles. The normalized spacial score (nSPS) is 12.2. The molecule has 0 saturated heterocycles. The molecule has 118 valence electrons. The highest BCUT2D eigenvalue weighted by Crippen LogP contribution is 2.17. The predicted octanol–water partition coefficient (Wildman–Crippen LogP) is 3.63. The summed E-state index contributed by atoms with van der Waals surface area (Å²) in [6.45, 7) is 3.08. The van der Waals surface area contributed by atoms with Crippen molar-refractivity contribution < 1.29 is 0 Å². The van der Waals surface area contributed by atoms with E-state index in [1.807, 2.05) is 30.3 Å². The van der Waals surface area contributed by atoms with E-state index >= 15 is 0 Å². The van der Waals surface area contributed by atoms with Gasteiger partial charge in [-0.05, 0) is 57.8 Å². The van der Waals surface area contributed by atoms with Gasteiger partial charge in [0.2, 0.25) is 5.95 Å². The van der Waals surface area contributed by atoms with Crippen molar-refractivity contribution in [1.82, 2.24) is 14.9 Å². The summed E-state index contributed by atoms with van der Waals surface area (Å²) in [6, 6.07) is 9.84. The van der Waals surface area contributed by atoms with Crippen LogP contribution in [0.3, 0.4) is 0 Å². The Kier molecular flexibility index (Phi) is 5.98. The summed E-state index contributed by atoms with van der Waals surface area (Å²) in [5, 5.41) is 7.19. The van der Waals surface area contributed by atoms with Crippen molar-refractivity contribution in [2.75, 3.05) is 31.3 Å². The second-order valence-electron chi connectivity index (χ2n) is 5.43. The van der Waals surface area contributed by atoms with E-state index < -0.39 is 0 Å². The van der Waals surface area contributed by atoms with Gasteiger partial charge in [0.15, 0.2) is 0 Å². The van der Waals surface area contributed by atoms with Gasteiger partial charge in [-0.15, -0.1) is 0 Å². The van der Waals surface area contributed by atoms with Crippen LogP contribution in [0.1, 0.15) is 13.3 Å². The molecule has 1 unspecified atom stereocenters. The fourth-order valence-electron chi connectivity index (χ4n) is 1.85. The van der Waals surface area contributed by atoms with Crippen LogP contribution in [0.5, 0.6) is 0 Å². The molecule has 0 aliphatic heterocycles. The summed E-state index contributed by atoms with van der Waals surface area (Å²) in [6.07, 6.45) is 2.79. The van der Waals surface area contributed by atoms with Gasteiger partial charge >= 0.3 is 0 Å². The Labute approximate surface area is 136 Å². The van der Waals surface area contributed by atoms with Gasteiger partial charge in [0.25, 0.3) is 0 Å². The largest absolute Gasteiger partial charge is 0.370 e. The number of nitrogens with zero attached hydrogens (tertiary/aromatic N) is 3. The van der Waals surface area contributed by atoms with E-state index in [0.717, 1.165) is 24.5 Å². The first-order valence-electron chi connectivity index (χ1n) is 7.30.